The van der Waals surface area contributed by atoms with Gasteiger partial charge in [0.2, 0.25) is 0 Å². The summed E-state index contributed by atoms with van der Waals surface area (Å²) in [5.41, 5.74) is 0.422. The van der Waals surface area contributed by atoms with Gasteiger partial charge in [0.05, 0.1) is 12.0 Å². The largest absolute Gasteiger partial charge is 0.383 e. The van der Waals surface area contributed by atoms with E-state index in [1.165, 1.54) is 6.20 Å². The topological polar surface area (TPSA) is 67.0 Å². The fourth-order valence-electron chi connectivity index (χ4n) is 0.921. The Kier molecular flexibility index (Phi) is 4.42. The van der Waals surface area contributed by atoms with Crippen molar-refractivity contribution in [1.29, 1.82) is 0 Å². The summed E-state index contributed by atoms with van der Waals surface area (Å²) in [7, 11) is 1.56. The van der Waals surface area contributed by atoms with Crippen molar-refractivity contribution < 1.29 is 9.53 Å². The molecule has 1 amide bonds. The second-order valence-corrected chi connectivity index (χ2v) is 3.35. The zero-order valence-electron chi connectivity index (χ0n) is 7.79. The normalized spacial score (nSPS) is 12.4. The number of amides is 1. The number of nitrogens with one attached hydrogen (secondary N) is 2. The highest BCUT2D eigenvalue weighted by Crippen LogP contribution is 1.96. The molecule has 1 heterocycles. The quantitative estimate of drug-likeness (QED) is 0.702. The van der Waals surface area contributed by atoms with Crippen LogP contribution in [0.15, 0.2) is 12.3 Å². The molecular weight excluding hydrogens is 206 g/mol. The number of alkyl halides is 1. The summed E-state index contributed by atoms with van der Waals surface area (Å²) < 4.78 is 4.82. The lowest BCUT2D eigenvalue weighted by Crippen LogP contribution is -2.31. The first kappa shape index (κ1) is 11.0. The summed E-state index contributed by atoms with van der Waals surface area (Å²) >= 11 is 5.82. The lowest BCUT2D eigenvalue weighted by atomic mass is 10.4. The van der Waals surface area contributed by atoms with Crippen molar-refractivity contribution in [3.8, 4) is 0 Å². The van der Waals surface area contributed by atoms with Gasteiger partial charge in [0, 0.05) is 19.9 Å². The van der Waals surface area contributed by atoms with E-state index in [1.807, 2.05) is 0 Å². The van der Waals surface area contributed by atoms with E-state index in [4.69, 9.17) is 16.3 Å². The Morgan fingerprint density at radius 2 is 2.64 bits per heavy atom. The minimum absolute atomic E-state index is 0.216. The number of hydrogen-bond acceptors (Lipinski definition) is 3. The first-order chi connectivity index (χ1) is 6.74. The molecule has 0 spiro atoms. The van der Waals surface area contributed by atoms with Crippen molar-refractivity contribution in [3.05, 3.63) is 18.0 Å². The van der Waals surface area contributed by atoms with Crippen LogP contribution in [0.3, 0.4) is 0 Å². The lowest BCUT2D eigenvalue weighted by molar-refractivity contribution is 0.0944. The fraction of sp³-hybridized carbons (Fsp3) is 0.500. The van der Waals surface area contributed by atoms with Crippen LogP contribution in [-0.2, 0) is 4.74 Å². The highest BCUT2D eigenvalue weighted by Gasteiger charge is 2.09. The van der Waals surface area contributed by atoms with Crippen molar-refractivity contribution in [2.24, 2.45) is 0 Å². The predicted octanol–water partition coefficient (Wildman–Crippen LogP) is 0.393. The maximum atomic E-state index is 11.3. The molecule has 78 valence electrons. The van der Waals surface area contributed by atoms with E-state index >= 15 is 0 Å². The van der Waals surface area contributed by atoms with Gasteiger partial charge in [0.15, 0.2) is 0 Å². The zero-order chi connectivity index (χ0) is 10.4. The Morgan fingerprint density at radius 1 is 1.86 bits per heavy atom. The SMILES string of the molecule is COCC(Cl)CNC(=O)c1ccn[nH]1. The van der Waals surface area contributed by atoms with Crippen LogP contribution in [0.2, 0.25) is 0 Å². The summed E-state index contributed by atoms with van der Waals surface area (Å²) in [5, 5.41) is 8.65. The van der Waals surface area contributed by atoms with E-state index in [-0.39, 0.29) is 11.3 Å². The first-order valence-electron chi connectivity index (χ1n) is 4.14. The summed E-state index contributed by atoms with van der Waals surface area (Å²) in [6, 6.07) is 1.59. The maximum absolute atomic E-state index is 11.3. The van der Waals surface area contributed by atoms with Crippen LogP contribution in [0.1, 0.15) is 10.5 Å². The number of nitrogens with zero attached hydrogens (tertiary/aromatic N) is 1. The molecule has 1 rings (SSSR count). The molecule has 6 heteroatoms. The van der Waals surface area contributed by atoms with Crippen molar-refractivity contribution in [2.45, 2.75) is 5.38 Å². The number of rotatable bonds is 5. The number of ether oxygens (including phenoxy) is 1. The number of methoxy groups -OCH3 is 1. The molecule has 0 saturated carbocycles. The fourth-order valence-corrected chi connectivity index (χ4v) is 1.12. The average molecular weight is 218 g/mol. The molecule has 0 fully saturated rings. The van der Waals surface area contributed by atoms with Crippen LogP contribution in [0.5, 0.6) is 0 Å². The van der Waals surface area contributed by atoms with E-state index in [9.17, 15) is 4.79 Å². The average Bonchev–Trinajstić information content (AvgIpc) is 2.67. The third kappa shape index (κ3) is 3.35. The molecule has 1 aromatic rings. The highest BCUT2D eigenvalue weighted by molar-refractivity contribution is 6.21. The van der Waals surface area contributed by atoms with Crippen LogP contribution in [0, 0.1) is 0 Å². The zero-order valence-corrected chi connectivity index (χ0v) is 8.54. The number of H-pyrrole nitrogens is 1. The van der Waals surface area contributed by atoms with Crippen molar-refractivity contribution in [3.63, 3.8) is 0 Å². The first-order valence-corrected chi connectivity index (χ1v) is 4.58. The van der Waals surface area contributed by atoms with E-state index in [1.54, 1.807) is 13.2 Å². The summed E-state index contributed by atoms with van der Waals surface area (Å²) in [4.78, 5) is 11.3. The van der Waals surface area contributed by atoms with Gasteiger partial charge in [-0.25, -0.2) is 0 Å². The van der Waals surface area contributed by atoms with Gasteiger partial charge in [-0.2, -0.15) is 5.10 Å². The molecule has 0 aliphatic heterocycles. The van der Waals surface area contributed by atoms with E-state index in [0.29, 0.717) is 18.8 Å². The molecule has 5 nitrogen and oxygen atoms in total. The summed E-state index contributed by atoms with van der Waals surface area (Å²) in [5.74, 6) is -0.218. The molecule has 0 saturated heterocycles. The Bertz CT molecular complexity index is 276. The number of aromatic amines is 1. The Morgan fingerprint density at radius 3 is 3.21 bits per heavy atom. The third-order valence-corrected chi connectivity index (χ3v) is 1.86. The van der Waals surface area contributed by atoms with Gasteiger partial charge < -0.3 is 10.1 Å². The molecule has 0 bridgehead atoms. The van der Waals surface area contributed by atoms with Crippen LogP contribution in [0.25, 0.3) is 0 Å². The Labute approximate surface area is 86.8 Å². The smallest absolute Gasteiger partial charge is 0.269 e. The van der Waals surface area contributed by atoms with Crippen LogP contribution in [0.4, 0.5) is 0 Å². The van der Waals surface area contributed by atoms with E-state index < -0.39 is 0 Å². The number of aromatic nitrogens is 2. The third-order valence-electron chi connectivity index (χ3n) is 1.58. The minimum atomic E-state index is -0.218. The van der Waals surface area contributed by atoms with Gasteiger partial charge in [-0.05, 0) is 6.07 Å². The molecule has 1 unspecified atom stereocenters. The molecule has 1 atom stereocenters. The molecule has 2 N–H and O–H groups in total. The van der Waals surface area contributed by atoms with Gasteiger partial charge in [0.25, 0.3) is 5.91 Å². The number of halogens is 1. The predicted molar refractivity (Wildman–Crippen MR) is 52.4 cm³/mol. The van der Waals surface area contributed by atoms with Crippen LogP contribution < -0.4 is 5.32 Å². The van der Waals surface area contributed by atoms with E-state index in [0.717, 1.165) is 0 Å². The summed E-state index contributed by atoms with van der Waals surface area (Å²) in [6.45, 7) is 0.776. The van der Waals surface area contributed by atoms with Crippen LogP contribution in [-0.4, -0.2) is 41.7 Å². The monoisotopic (exact) mass is 217 g/mol. The van der Waals surface area contributed by atoms with E-state index in [2.05, 4.69) is 15.5 Å². The molecule has 0 aliphatic rings. The van der Waals surface area contributed by atoms with Crippen molar-refractivity contribution >= 4 is 17.5 Å². The van der Waals surface area contributed by atoms with Gasteiger partial charge in [0.1, 0.15) is 5.69 Å². The summed E-state index contributed by atoms with van der Waals surface area (Å²) in [6.07, 6.45) is 1.52. The molecule has 14 heavy (non-hydrogen) atoms. The molecule has 1 aromatic heterocycles. The molecular formula is C8H12ClN3O2. The molecule has 0 aromatic carbocycles. The highest BCUT2D eigenvalue weighted by atomic mass is 35.5. The number of carbonyl (C=O) groups is 1. The van der Waals surface area contributed by atoms with Crippen molar-refractivity contribution in [1.82, 2.24) is 15.5 Å². The van der Waals surface area contributed by atoms with Crippen LogP contribution >= 0.6 is 11.6 Å². The second-order valence-electron chi connectivity index (χ2n) is 2.73. The standard InChI is InChI=1S/C8H12ClN3O2/c1-14-5-6(9)4-10-8(13)7-2-3-11-12-7/h2-3,6H,4-5H2,1H3,(H,10,13)(H,11,12). The van der Waals surface area contributed by atoms with Gasteiger partial charge in [-0.15, -0.1) is 11.6 Å². The molecule has 0 radical (unpaired) electrons. The Hall–Kier alpha value is -1.07. The lowest BCUT2D eigenvalue weighted by Gasteiger charge is -2.08. The van der Waals surface area contributed by atoms with Crippen molar-refractivity contribution in [2.75, 3.05) is 20.3 Å². The minimum Gasteiger partial charge on any atom is -0.383 e. The Balaban J connectivity index is 2.28. The second kappa shape index (κ2) is 5.62. The number of hydrogen-bond donors (Lipinski definition) is 2. The number of carbonyl (C=O) groups excluding carboxylic acids is 1. The molecule has 0 aliphatic carbocycles. The van der Waals surface area contributed by atoms with Gasteiger partial charge >= 0.3 is 0 Å². The van der Waals surface area contributed by atoms with Gasteiger partial charge in [-0.1, -0.05) is 0 Å². The van der Waals surface area contributed by atoms with Gasteiger partial charge in [-0.3, -0.25) is 9.89 Å². The maximum Gasteiger partial charge on any atom is 0.269 e.